The second kappa shape index (κ2) is 5.07. The fraction of sp³-hybridized carbons (Fsp3) is 0.500. The van der Waals surface area contributed by atoms with E-state index in [0.717, 1.165) is 12.1 Å². The lowest BCUT2D eigenvalue weighted by molar-refractivity contribution is -0.138. The first-order valence-corrected chi connectivity index (χ1v) is 7.66. The van der Waals surface area contributed by atoms with Gasteiger partial charge in [-0.15, -0.1) is 0 Å². The van der Waals surface area contributed by atoms with Gasteiger partial charge < -0.3 is 0 Å². The van der Waals surface area contributed by atoms with Crippen LogP contribution in [0.5, 0.6) is 0 Å². The van der Waals surface area contributed by atoms with Crippen LogP contribution < -0.4 is 0 Å². The van der Waals surface area contributed by atoms with Gasteiger partial charge in [0.1, 0.15) is 0 Å². The normalized spacial score (nSPS) is 16.2. The molecule has 7 heteroatoms. The molecule has 0 fully saturated rings. The number of nitrogens with zero attached hydrogens (tertiary/aromatic N) is 2. The van der Waals surface area contributed by atoms with E-state index in [4.69, 9.17) is 0 Å². The fourth-order valence-corrected chi connectivity index (χ4v) is 3.04. The molecule has 0 amide bonds. The van der Waals surface area contributed by atoms with Crippen molar-refractivity contribution >= 4 is 21.6 Å². The minimum atomic E-state index is -4.30. The van der Waals surface area contributed by atoms with Gasteiger partial charge in [0.25, 0.3) is 0 Å². The summed E-state index contributed by atoms with van der Waals surface area (Å²) in [7, 11) is 3.24. The molecule has 1 aliphatic heterocycles. The highest BCUT2D eigenvalue weighted by atomic mass is 33.1. The second-order valence-corrected chi connectivity index (χ2v) is 6.26. The van der Waals surface area contributed by atoms with Crippen LogP contribution in [0.3, 0.4) is 0 Å². The number of fused-ring (bicyclic) bond motifs is 1. The average Bonchev–Trinajstić information content (AvgIpc) is 2.66. The van der Waals surface area contributed by atoms with Gasteiger partial charge in [0.15, 0.2) is 0 Å². The van der Waals surface area contributed by atoms with E-state index >= 15 is 0 Å². The SMILES string of the molecule is CSSCN1Cc2cncc(C(F)(F)F)c2C1. The molecule has 2 nitrogen and oxygen atoms in total. The molecular formula is C10H11F3N2S2. The maximum absolute atomic E-state index is 12.8. The highest BCUT2D eigenvalue weighted by Gasteiger charge is 2.37. The van der Waals surface area contributed by atoms with Gasteiger partial charge in [0.05, 0.1) is 11.4 Å². The molecule has 94 valence electrons. The quantitative estimate of drug-likeness (QED) is 0.789. The molecule has 1 aromatic rings. The summed E-state index contributed by atoms with van der Waals surface area (Å²) in [4.78, 5) is 5.67. The Labute approximate surface area is 105 Å². The Morgan fingerprint density at radius 1 is 1.35 bits per heavy atom. The molecule has 2 rings (SSSR count). The van der Waals surface area contributed by atoms with Crippen LogP contribution in [0.1, 0.15) is 16.7 Å². The molecule has 0 atom stereocenters. The Bertz CT molecular complexity index is 409. The van der Waals surface area contributed by atoms with Crippen molar-refractivity contribution < 1.29 is 13.2 Å². The van der Waals surface area contributed by atoms with Crippen molar-refractivity contribution in [2.24, 2.45) is 0 Å². The summed E-state index contributed by atoms with van der Waals surface area (Å²) >= 11 is 0. The summed E-state index contributed by atoms with van der Waals surface area (Å²) < 4.78 is 38.3. The van der Waals surface area contributed by atoms with Gasteiger partial charge >= 0.3 is 6.18 Å². The Hall–Kier alpha value is -0.400. The van der Waals surface area contributed by atoms with Crippen molar-refractivity contribution in [1.29, 1.82) is 0 Å². The Kier molecular flexibility index (Phi) is 3.89. The molecule has 0 bridgehead atoms. The zero-order valence-corrected chi connectivity index (χ0v) is 10.8. The Morgan fingerprint density at radius 3 is 2.76 bits per heavy atom. The van der Waals surface area contributed by atoms with Crippen molar-refractivity contribution in [3.63, 3.8) is 0 Å². The standard InChI is InChI=1S/C10H11F3N2S2/c1-16-17-6-15-4-7-2-14-3-9(8(7)5-15)10(11,12)13/h2-3H,4-6H2,1H3. The molecule has 0 unspecified atom stereocenters. The molecule has 2 heterocycles. The third kappa shape index (κ3) is 2.89. The van der Waals surface area contributed by atoms with Gasteiger partial charge in [-0.1, -0.05) is 21.6 Å². The number of rotatable bonds is 3. The summed E-state index contributed by atoms with van der Waals surface area (Å²) in [6.45, 7) is 0.917. The molecule has 1 aromatic heterocycles. The minimum absolute atomic E-state index is 0.361. The Morgan fingerprint density at radius 2 is 2.12 bits per heavy atom. The average molecular weight is 280 g/mol. The first kappa shape index (κ1) is 13.0. The van der Waals surface area contributed by atoms with Crippen LogP contribution in [0.2, 0.25) is 0 Å². The predicted octanol–water partition coefficient (Wildman–Crippen LogP) is 3.38. The number of hydrogen-bond donors (Lipinski definition) is 0. The van der Waals surface area contributed by atoms with Gasteiger partial charge in [-0.25, -0.2) is 0 Å². The summed E-state index contributed by atoms with van der Waals surface area (Å²) in [5.74, 6) is 0.729. The summed E-state index contributed by atoms with van der Waals surface area (Å²) in [5.41, 5.74) is 0.488. The molecule has 17 heavy (non-hydrogen) atoms. The maximum Gasteiger partial charge on any atom is 0.418 e. The Balaban J connectivity index is 2.20. The van der Waals surface area contributed by atoms with E-state index in [0.29, 0.717) is 24.2 Å². The van der Waals surface area contributed by atoms with Gasteiger partial charge in [0, 0.05) is 25.5 Å². The highest BCUT2D eigenvalue weighted by molar-refractivity contribution is 8.76. The molecule has 1 aliphatic rings. The largest absolute Gasteiger partial charge is 0.418 e. The van der Waals surface area contributed by atoms with Crippen LogP contribution in [0.15, 0.2) is 12.4 Å². The molecule has 0 aromatic carbocycles. The summed E-state index contributed by atoms with van der Waals surface area (Å²) in [6.07, 6.45) is 0.107. The fourth-order valence-electron chi connectivity index (χ4n) is 1.84. The lowest BCUT2D eigenvalue weighted by Gasteiger charge is -2.13. The molecule has 0 spiro atoms. The first-order chi connectivity index (χ1) is 8.02. The minimum Gasteiger partial charge on any atom is -0.285 e. The van der Waals surface area contributed by atoms with Crippen molar-refractivity contribution in [3.8, 4) is 0 Å². The number of hydrogen-bond acceptors (Lipinski definition) is 4. The van der Waals surface area contributed by atoms with Gasteiger partial charge in [-0.05, 0) is 17.4 Å². The highest BCUT2D eigenvalue weighted by Crippen LogP contribution is 2.37. The van der Waals surface area contributed by atoms with E-state index in [-0.39, 0.29) is 0 Å². The van der Waals surface area contributed by atoms with Crippen molar-refractivity contribution in [1.82, 2.24) is 9.88 Å². The van der Waals surface area contributed by atoms with E-state index in [1.807, 2.05) is 11.2 Å². The summed E-state index contributed by atoms with van der Waals surface area (Å²) in [5, 5.41) is 0. The van der Waals surface area contributed by atoms with E-state index in [1.165, 1.54) is 6.20 Å². The van der Waals surface area contributed by atoms with Crippen molar-refractivity contribution in [3.05, 3.63) is 29.1 Å². The molecule has 0 saturated carbocycles. The lowest BCUT2D eigenvalue weighted by atomic mass is 10.1. The topological polar surface area (TPSA) is 16.1 Å². The van der Waals surface area contributed by atoms with Crippen LogP contribution in [0.4, 0.5) is 13.2 Å². The van der Waals surface area contributed by atoms with Crippen molar-refractivity contribution in [2.75, 3.05) is 12.1 Å². The van der Waals surface area contributed by atoms with Gasteiger partial charge in [-0.2, -0.15) is 13.2 Å². The summed E-state index contributed by atoms with van der Waals surface area (Å²) in [6, 6.07) is 0. The van der Waals surface area contributed by atoms with Gasteiger partial charge in [0.2, 0.25) is 0 Å². The number of halogens is 3. The monoisotopic (exact) mass is 280 g/mol. The molecule has 0 N–H and O–H groups in total. The number of pyridine rings is 1. The van der Waals surface area contributed by atoms with E-state index < -0.39 is 11.7 Å². The second-order valence-electron chi connectivity index (χ2n) is 3.72. The first-order valence-electron chi connectivity index (χ1n) is 4.93. The van der Waals surface area contributed by atoms with E-state index in [1.54, 1.807) is 21.6 Å². The predicted molar refractivity (Wildman–Crippen MR) is 64.5 cm³/mol. The van der Waals surface area contributed by atoms with Crippen LogP contribution in [0, 0.1) is 0 Å². The van der Waals surface area contributed by atoms with Crippen LogP contribution in [0.25, 0.3) is 0 Å². The lowest BCUT2D eigenvalue weighted by Crippen LogP contribution is -2.15. The zero-order valence-electron chi connectivity index (χ0n) is 9.12. The van der Waals surface area contributed by atoms with Gasteiger partial charge in [-0.3, -0.25) is 9.88 Å². The molecule has 0 saturated heterocycles. The molecule has 0 radical (unpaired) electrons. The van der Waals surface area contributed by atoms with Crippen LogP contribution in [-0.4, -0.2) is 22.0 Å². The third-order valence-corrected chi connectivity index (χ3v) is 4.31. The zero-order chi connectivity index (χ0) is 12.5. The maximum atomic E-state index is 12.8. The van der Waals surface area contributed by atoms with Crippen LogP contribution >= 0.6 is 21.6 Å². The number of alkyl halides is 3. The smallest absolute Gasteiger partial charge is 0.285 e. The van der Waals surface area contributed by atoms with Crippen LogP contribution in [-0.2, 0) is 19.3 Å². The third-order valence-electron chi connectivity index (χ3n) is 2.58. The molecular weight excluding hydrogens is 269 g/mol. The number of aromatic nitrogens is 1. The van der Waals surface area contributed by atoms with Crippen molar-refractivity contribution in [2.45, 2.75) is 19.3 Å². The van der Waals surface area contributed by atoms with E-state index in [2.05, 4.69) is 4.98 Å². The van der Waals surface area contributed by atoms with E-state index in [9.17, 15) is 13.2 Å². The molecule has 0 aliphatic carbocycles.